The Morgan fingerprint density at radius 2 is 2.05 bits per heavy atom. The van der Waals surface area contributed by atoms with E-state index in [1.807, 2.05) is 12.1 Å². The van der Waals surface area contributed by atoms with Crippen LogP contribution >= 0.6 is 11.6 Å². The molecule has 0 radical (unpaired) electrons. The van der Waals surface area contributed by atoms with Crippen molar-refractivity contribution in [1.82, 2.24) is 4.98 Å². The van der Waals surface area contributed by atoms with Gasteiger partial charge in [-0.3, -0.25) is 4.98 Å². The van der Waals surface area contributed by atoms with E-state index in [2.05, 4.69) is 10.3 Å². The molecule has 1 N–H and O–H groups in total. The van der Waals surface area contributed by atoms with E-state index >= 15 is 0 Å². The maximum Gasteiger partial charge on any atom is 0.416 e. The molecule has 1 aliphatic carbocycles. The van der Waals surface area contributed by atoms with Gasteiger partial charge in [-0.05, 0) is 42.7 Å². The van der Waals surface area contributed by atoms with Gasteiger partial charge < -0.3 is 5.32 Å². The Morgan fingerprint density at radius 3 is 2.81 bits per heavy atom. The van der Waals surface area contributed by atoms with Crippen molar-refractivity contribution in [3.8, 4) is 0 Å². The molecule has 0 fully saturated rings. The van der Waals surface area contributed by atoms with Crippen LogP contribution < -0.4 is 5.32 Å². The van der Waals surface area contributed by atoms with Crippen LogP contribution in [-0.4, -0.2) is 4.98 Å². The summed E-state index contributed by atoms with van der Waals surface area (Å²) in [6, 6.07) is 7.02. The molecule has 0 saturated heterocycles. The van der Waals surface area contributed by atoms with E-state index in [-0.39, 0.29) is 16.8 Å². The van der Waals surface area contributed by atoms with Gasteiger partial charge in [-0.2, -0.15) is 13.2 Å². The molecular formula is C15H12ClF3N2. The summed E-state index contributed by atoms with van der Waals surface area (Å²) < 4.78 is 38.3. The second-order valence-corrected chi connectivity index (χ2v) is 5.38. The molecule has 2 nitrogen and oxygen atoms in total. The Kier molecular flexibility index (Phi) is 3.53. The van der Waals surface area contributed by atoms with Gasteiger partial charge in [0.25, 0.3) is 0 Å². The SMILES string of the molecule is FC(F)(F)c1ccc(Cl)c(NC2CCc3cccnc32)c1. The van der Waals surface area contributed by atoms with Crippen LogP contribution in [0, 0.1) is 0 Å². The molecule has 0 saturated carbocycles. The van der Waals surface area contributed by atoms with Crippen molar-refractivity contribution in [2.45, 2.75) is 25.1 Å². The number of hydrogen-bond donors (Lipinski definition) is 1. The van der Waals surface area contributed by atoms with E-state index in [4.69, 9.17) is 11.6 Å². The highest BCUT2D eigenvalue weighted by Gasteiger charge is 2.31. The molecule has 0 amide bonds. The van der Waals surface area contributed by atoms with E-state index in [1.54, 1.807) is 6.20 Å². The lowest BCUT2D eigenvalue weighted by Gasteiger charge is -2.17. The van der Waals surface area contributed by atoms with Crippen molar-refractivity contribution in [2.24, 2.45) is 0 Å². The highest BCUT2D eigenvalue weighted by Crippen LogP contribution is 2.37. The molecule has 0 spiro atoms. The highest BCUT2D eigenvalue weighted by molar-refractivity contribution is 6.33. The minimum absolute atomic E-state index is 0.109. The number of benzene rings is 1. The van der Waals surface area contributed by atoms with E-state index < -0.39 is 11.7 Å². The van der Waals surface area contributed by atoms with Gasteiger partial charge in [-0.25, -0.2) is 0 Å². The average molecular weight is 313 g/mol. The second kappa shape index (κ2) is 5.22. The fourth-order valence-corrected chi connectivity index (χ4v) is 2.73. The van der Waals surface area contributed by atoms with E-state index in [0.29, 0.717) is 0 Å². The first-order valence-electron chi connectivity index (χ1n) is 6.52. The first-order chi connectivity index (χ1) is 9.95. The predicted octanol–water partition coefficient (Wildman–Crippen LogP) is 4.85. The molecule has 2 aromatic rings. The van der Waals surface area contributed by atoms with Gasteiger partial charge in [-0.1, -0.05) is 17.7 Å². The first kappa shape index (κ1) is 14.2. The van der Waals surface area contributed by atoms with E-state index in [9.17, 15) is 13.2 Å². The van der Waals surface area contributed by atoms with Crippen molar-refractivity contribution < 1.29 is 13.2 Å². The van der Waals surface area contributed by atoms with Gasteiger partial charge in [0.1, 0.15) is 0 Å². The van der Waals surface area contributed by atoms with Crippen molar-refractivity contribution in [1.29, 1.82) is 0 Å². The third-order valence-corrected chi connectivity index (χ3v) is 3.91. The number of anilines is 1. The summed E-state index contributed by atoms with van der Waals surface area (Å²) in [6.45, 7) is 0. The van der Waals surface area contributed by atoms with Crippen LogP contribution in [0.4, 0.5) is 18.9 Å². The Labute approximate surface area is 125 Å². The summed E-state index contributed by atoms with van der Waals surface area (Å²) in [7, 11) is 0. The lowest BCUT2D eigenvalue weighted by atomic mass is 10.1. The molecule has 110 valence electrons. The lowest BCUT2D eigenvalue weighted by molar-refractivity contribution is -0.137. The summed E-state index contributed by atoms with van der Waals surface area (Å²) in [5, 5.41) is 3.35. The van der Waals surface area contributed by atoms with Gasteiger partial charge >= 0.3 is 6.18 Å². The molecule has 0 aliphatic heterocycles. The number of aryl methyl sites for hydroxylation is 1. The van der Waals surface area contributed by atoms with Gasteiger partial charge in [0.15, 0.2) is 0 Å². The third-order valence-electron chi connectivity index (χ3n) is 3.58. The summed E-state index contributed by atoms with van der Waals surface area (Å²) >= 11 is 6.00. The van der Waals surface area contributed by atoms with Crippen molar-refractivity contribution in [3.05, 3.63) is 58.4 Å². The van der Waals surface area contributed by atoms with Crippen LogP contribution in [-0.2, 0) is 12.6 Å². The Hall–Kier alpha value is -1.75. The Bertz CT molecular complexity index is 670. The number of halogens is 4. The van der Waals surface area contributed by atoms with Crippen molar-refractivity contribution in [2.75, 3.05) is 5.32 Å². The van der Waals surface area contributed by atoms with E-state index in [1.165, 1.54) is 6.07 Å². The standard InChI is InChI=1S/C15H12ClF3N2/c16-11-5-4-10(15(17,18)19)8-13(11)21-12-6-3-9-2-1-7-20-14(9)12/h1-2,4-5,7-8,12,21H,3,6H2. The maximum atomic E-state index is 12.8. The molecule has 6 heteroatoms. The Morgan fingerprint density at radius 1 is 1.24 bits per heavy atom. The summed E-state index contributed by atoms with van der Waals surface area (Å²) in [6.07, 6.45) is -1.05. The first-order valence-corrected chi connectivity index (χ1v) is 6.90. The average Bonchev–Trinajstić information content (AvgIpc) is 2.83. The predicted molar refractivity (Wildman–Crippen MR) is 75.4 cm³/mol. The fraction of sp³-hybridized carbons (Fsp3) is 0.267. The monoisotopic (exact) mass is 312 g/mol. The maximum absolute atomic E-state index is 12.8. The number of aromatic nitrogens is 1. The molecule has 1 aromatic carbocycles. The number of rotatable bonds is 2. The zero-order chi connectivity index (χ0) is 15.0. The van der Waals surface area contributed by atoms with Gasteiger partial charge in [0.05, 0.1) is 28.0 Å². The molecular weight excluding hydrogens is 301 g/mol. The molecule has 1 heterocycles. The molecule has 1 unspecified atom stereocenters. The molecule has 1 atom stereocenters. The summed E-state index contributed by atoms with van der Waals surface area (Å²) in [5.74, 6) is 0. The van der Waals surface area contributed by atoms with Crippen LogP contribution in [0.5, 0.6) is 0 Å². The highest BCUT2D eigenvalue weighted by atomic mass is 35.5. The van der Waals surface area contributed by atoms with Crippen molar-refractivity contribution >= 4 is 17.3 Å². The molecule has 1 aliphatic rings. The largest absolute Gasteiger partial charge is 0.416 e. The zero-order valence-electron chi connectivity index (χ0n) is 10.9. The van der Waals surface area contributed by atoms with Gasteiger partial charge in [-0.15, -0.1) is 0 Å². The number of nitrogens with zero attached hydrogens (tertiary/aromatic N) is 1. The molecule has 3 rings (SSSR count). The summed E-state index contributed by atoms with van der Waals surface area (Å²) in [5.41, 5.74) is 1.58. The fourth-order valence-electron chi connectivity index (χ4n) is 2.55. The number of nitrogens with one attached hydrogen (secondary N) is 1. The third kappa shape index (κ3) is 2.83. The molecule has 1 aromatic heterocycles. The number of pyridine rings is 1. The zero-order valence-corrected chi connectivity index (χ0v) is 11.7. The normalized spacial score (nSPS) is 17.6. The van der Waals surface area contributed by atoms with Crippen LogP contribution in [0.15, 0.2) is 36.5 Å². The van der Waals surface area contributed by atoms with Crippen molar-refractivity contribution in [3.63, 3.8) is 0 Å². The lowest BCUT2D eigenvalue weighted by Crippen LogP contribution is -2.11. The van der Waals surface area contributed by atoms with Gasteiger partial charge in [0.2, 0.25) is 0 Å². The molecule has 21 heavy (non-hydrogen) atoms. The van der Waals surface area contributed by atoms with Crippen LogP contribution in [0.3, 0.4) is 0 Å². The molecule has 0 bridgehead atoms. The number of alkyl halides is 3. The second-order valence-electron chi connectivity index (χ2n) is 4.98. The smallest absolute Gasteiger partial charge is 0.375 e. The number of fused-ring (bicyclic) bond motifs is 1. The minimum Gasteiger partial charge on any atom is -0.375 e. The van der Waals surface area contributed by atoms with Crippen LogP contribution in [0.25, 0.3) is 0 Å². The topological polar surface area (TPSA) is 24.9 Å². The minimum atomic E-state index is -4.38. The van der Waals surface area contributed by atoms with Crippen LogP contribution in [0.2, 0.25) is 5.02 Å². The Balaban J connectivity index is 1.89. The number of hydrogen-bond acceptors (Lipinski definition) is 2. The summed E-state index contributed by atoms with van der Waals surface area (Å²) in [4.78, 5) is 4.31. The quantitative estimate of drug-likeness (QED) is 0.857. The van der Waals surface area contributed by atoms with Crippen LogP contribution in [0.1, 0.15) is 29.3 Å². The van der Waals surface area contributed by atoms with E-state index in [0.717, 1.165) is 36.2 Å². The van der Waals surface area contributed by atoms with Gasteiger partial charge in [0, 0.05) is 6.20 Å².